The molecule has 0 radical (unpaired) electrons. The molecular formula is C9H15N3O. The van der Waals surface area contributed by atoms with Gasteiger partial charge in [-0.05, 0) is 6.92 Å². The molecule has 3 N–H and O–H groups in total. The average Bonchev–Trinajstić information content (AvgIpc) is 2.03. The summed E-state index contributed by atoms with van der Waals surface area (Å²) in [5.41, 5.74) is 6.61. The van der Waals surface area contributed by atoms with Crippen LogP contribution in [0, 0.1) is 6.92 Å². The summed E-state index contributed by atoms with van der Waals surface area (Å²) in [6, 6.07) is 0. The van der Waals surface area contributed by atoms with Gasteiger partial charge in [-0.1, -0.05) is 13.8 Å². The van der Waals surface area contributed by atoms with E-state index in [1.165, 1.54) is 0 Å². The van der Waals surface area contributed by atoms with Gasteiger partial charge in [0.05, 0.1) is 5.56 Å². The third-order valence-corrected chi connectivity index (χ3v) is 1.99. The molecule has 0 aromatic carbocycles. The number of rotatable bonds is 2. The summed E-state index contributed by atoms with van der Waals surface area (Å²) >= 11 is 0. The van der Waals surface area contributed by atoms with Gasteiger partial charge in [-0.3, -0.25) is 4.79 Å². The molecule has 0 aliphatic carbocycles. The zero-order chi connectivity index (χ0) is 10.0. The fourth-order valence-electron chi connectivity index (χ4n) is 1.15. The second kappa shape index (κ2) is 3.70. The van der Waals surface area contributed by atoms with Crippen molar-refractivity contribution >= 4 is 0 Å². The molecule has 4 heteroatoms. The second-order valence-electron chi connectivity index (χ2n) is 3.37. The van der Waals surface area contributed by atoms with E-state index in [2.05, 4.69) is 9.97 Å². The van der Waals surface area contributed by atoms with E-state index < -0.39 is 0 Å². The van der Waals surface area contributed by atoms with Crippen LogP contribution in [0.5, 0.6) is 0 Å². The van der Waals surface area contributed by atoms with Crippen molar-refractivity contribution in [3.8, 4) is 0 Å². The van der Waals surface area contributed by atoms with Crippen LogP contribution < -0.4 is 11.3 Å². The number of hydrogen-bond acceptors (Lipinski definition) is 3. The van der Waals surface area contributed by atoms with Crippen molar-refractivity contribution in [2.24, 2.45) is 5.73 Å². The van der Waals surface area contributed by atoms with E-state index in [-0.39, 0.29) is 18.0 Å². The first-order valence-electron chi connectivity index (χ1n) is 4.36. The Hall–Kier alpha value is -1.16. The maximum Gasteiger partial charge on any atom is 0.255 e. The topological polar surface area (TPSA) is 71.8 Å². The average molecular weight is 181 g/mol. The van der Waals surface area contributed by atoms with Gasteiger partial charge >= 0.3 is 0 Å². The van der Waals surface area contributed by atoms with Crippen molar-refractivity contribution in [1.82, 2.24) is 9.97 Å². The molecule has 0 bridgehead atoms. The largest absolute Gasteiger partial charge is 0.326 e. The lowest BCUT2D eigenvalue weighted by Crippen LogP contribution is -2.21. The zero-order valence-corrected chi connectivity index (χ0v) is 8.22. The smallest absolute Gasteiger partial charge is 0.255 e. The van der Waals surface area contributed by atoms with Gasteiger partial charge in [-0.2, -0.15) is 0 Å². The van der Waals surface area contributed by atoms with Crippen LogP contribution >= 0.6 is 0 Å². The Morgan fingerprint density at radius 3 is 2.54 bits per heavy atom. The third kappa shape index (κ3) is 1.95. The van der Waals surface area contributed by atoms with Crippen molar-refractivity contribution in [2.75, 3.05) is 0 Å². The van der Waals surface area contributed by atoms with Crippen LogP contribution in [0.3, 0.4) is 0 Å². The Labute approximate surface area is 77.2 Å². The Morgan fingerprint density at radius 1 is 1.54 bits per heavy atom. The molecule has 0 atom stereocenters. The van der Waals surface area contributed by atoms with Crippen molar-refractivity contribution in [2.45, 2.75) is 33.2 Å². The molecular weight excluding hydrogens is 166 g/mol. The molecule has 72 valence electrons. The van der Waals surface area contributed by atoms with Gasteiger partial charge in [0, 0.05) is 18.2 Å². The number of nitrogens with one attached hydrogen (secondary N) is 1. The van der Waals surface area contributed by atoms with E-state index in [4.69, 9.17) is 5.73 Å². The molecule has 0 amide bonds. The lowest BCUT2D eigenvalue weighted by atomic mass is 10.2. The molecule has 0 spiro atoms. The van der Waals surface area contributed by atoms with Gasteiger partial charge in [-0.25, -0.2) is 4.98 Å². The van der Waals surface area contributed by atoms with E-state index in [1.54, 1.807) is 0 Å². The Bertz CT molecular complexity index is 354. The molecule has 0 aliphatic heterocycles. The SMILES string of the molecule is Cc1nc(C(C)C)[nH]c(=O)c1CN. The highest BCUT2D eigenvalue weighted by atomic mass is 16.1. The van der Waals surface area contributed by atoms with Crippen molar-refractivity contribution in [3.05, 3.63) is 27.4 Å². The fraction of sp³-hybridized carbons (Fsp3) is 0.556. The van der Waals surface area contributed by atoms with Crippen LogP contribution in [0.1, 0.15) is 36.8 Å². The summed E-state index contributed by atoms with van der Waals surface area (Å²) < 4.78 is 0. The van der Waals surface area contributed by atoms with Gasteiger partial charge in [0.2, 0.25) is 0 Å². The number of hydrogen-bond donors (Lipinski definition) is 2. The highest BCUT2D eigenvalue weighted by Crippen LogP contribution is 2.07. The van der Waals surface area contributed by atoms with E-state index in [0.717, 1.165) is 11.5 Å². The van der Waals surface area contributed by atoms with Crippen LogP contribution in [0.2, 0.25) is 0 Å². The number of aromatic nitrogens is 2. The Balaban J connectivity index is 3.29. The van der Waals surface area contributed by atoms with Crippen LogP contribution in [0.15, 0.2) is 4.79 Å². The molecule has 1 heterocycles. The van der Waals surface area contributed by atoms with Gasteiger partial charge in [0.15, 0.2) is 0 Å². The van der Waals surface area contributed by atoms with E-state index in [9.17, 15) is 4.79 Å². The van der Waals surface area contributed by atoms with Crippen LogP contribution in [0.25, 0.3) is 0 Å². The second-order valence-corrected chi connectivity index (χ2v) is 3.37. The predicted molar refractivity (Wildman–Crippen MR) is 51.6 cm³/mol. The Morgan fingerprint density at radius 2 is 2.15 bits per heavy atom. The molecule has 0 unspecified atom stereocenters. The highest BCUT2D eigenvalue weighted by molar-refractivity contribution is 5.16. The van der Waals surface area contributed by atoms with Gasteiger partial charge in [0.1, 0.15) is 5.82 Å². The van der Waals surface area contributed by atoms with Gasteiger partial charge in [-0.15, -0.1) is 0 Å². The summed E-state index contributed by atoms with van der Waals surface area (Å²) in [5.74, 6) is 0.956. The first-order chi connectivity index (χ1) is 6.06. The summed E-state index contributed by atoms with van der Waals surface area (Å²) in [6.07, 6.45) is 0. The summed E-state index contributed by atoms with van der Waals surface area (Å²) in [5, 5.41) is 0. The lowest BCUT2D eigenvalue weighted by molar-refractivity contribution is 0.746. The number of aryl methyl sites for hydroxylation is 1. The summed E-state index contributed by atoms with van der Waals surface area (Å²) in [4.78, 5) is 18.4. The molecule has 0 saturated heterocycles. The maximum absolute atomic E-state index is 11.4. The number of nitrogens with zero attached hydrogens (tertiary/aromatic N) is 1. The molecule has 0 aliphatic rings. The van der Waals surface area contributed by atoms with Gasteiger partial charge < -0.3 is 10.7 Å². The molecule has 1 aromatic heterocycles. The molecule has 0 saturated carbocycles. The summed E-state index contributed by atoms with van der Waals surface area (Å²) in [6.45, 7) is 6.02. The van der Waals surface area contributed by atoms with E-state index in [1.807, 2.05) is 20.8 Å². The van der Waals surface area contributed by atoms with E-state index >= 15 is 0 Å². The number of H-pyrrole nitrogens is 1. The zero-order valence-electron chi connectivity index (χ0n) is 8.22. The number of aromatic amines is 1. The summed E-state index contributed by atoms with van der Waals surface area (Å²) in [7, 11) is 0. The first-order valence-corrected chi connectivity index (χ1v) is 4.36. The van der Waals surface area contributed by atoms with Crippen LogP contribution in [0.4, 0.5) is 0 Å². The first kappa shape index (κ1) is 9.92. The standard InChI is InChI=1S/C9H15N3O/c1-5(2)8-11-6(3)7(4-10)9(13)12-8/h5H,4,10H2,1-3H3,(H,11,12,13). The highest BCUT2D eigenvalue weighted by Gasteiger charge is 2.08. The van der Waals surface area contributed by atoms with Crippen molar-refractivity contribution in [3.63, 3.8) is 0 Å². The van der Waals surface area contributed by atoms with Crippen molar-refractivity contribution < 1.29 is 0 Å². The normalized spacial score (nSPS) is 10.8. The van der Waals surface area contributed by atoms with E-state index in [0.29, 0.717) is 5.56 Å². The Kier molecular flexibility index (Phi) is 2.83. The minimum atomic E-state index is -0.112. The molecule has 0 fully saturated rings. The van der Waals surface area contributed by atoms with Crippen LogP contribution in [-0.2, 0) is 6.54 Å². The molecule has 1 rings (SSSR count). The van der Waals surface area contributed by atoms with Gasteiger partial charge in [0.25, 0.3) is 5.56 Å². The third-order valence-electron chi connectivity index (χ3n) is 1.99. The quantitative estimate of drug-likeness (QED) is 0.704. The molecule has 4 nitrogen and oxygen atoms in total. The van der Waals surface area contributed by atoms with Crippen LogP contribution in [-0.4, -0.2) is 9.97 Å². The molecule has 13 heavy (non-hydrogen) atoms. The predicted octanol–water partition coefficient (Wildman–Crippen LogP) is 0.660. The van der Waals surface area contributed by atoms with Crippen molar-refractivity contribution in [1.29, 1.82) is 0 Å². The number of nitrogens with two attached hydrogens (primary N) is 1. The fourth-order valence-corrected chi connectivity index (χ4v) is 1.15. The minimum absolute atomic E-state index is 0.112. The lowest BCUT2D eigenvalue weighted by Gasteiger charge is -2.07. The minimum Gasteiger partial charge on any atom is -0.326 e. The molecule has 1 aromatic rings. The monoisotopic (exact) mass is 181 g/mol. The maximum atomic E-state index is 11.4.